The Bertz CT molecular complexity index is 648. The highest BCUT2D eigenvalue weighted by molar-refractivity contribution is 14.0. The van der Waals surface area contributed by atoms with E-state index in [1.54, 1.807) is 0 Å². The third-order valence-electron chi connectivity index (χ3n) is 5.02. The number of esters is 1. The van der Waals surface area contributed by atoms with Gasteiger partial charge in [-0.3, -0.25) is 9.79 Å². The molecule has 0 bridgehead atoms. The SMILES string of the molecule is CCNC(=NCCCC(=O)OC1CCCC1)NC1CCOc2ccccc21.I. The molecule has 1 saturated carbocycles. The zero-order valence-corrected chi connectivity index (χ0v) is 18.9. The first-order valence-electron chi connectivity index (χ1n) is 10.2. The lowest BCUT2D eigenvalue weighted by Crippen LogP contribution is -2.41. The Morgan fingerprint density at radius 1 is 1.25 bits per heavy atom. The van der Waals surface area contributed by atoms with Crippen LogP contribution in [0.25, 0.3) is 0 Å². The van der Waals surface area contributed by atoms with Crippen molar-refractivity contribution in [3.8, 4) is 5.75 Å². The third-order valence-corrected chi connectivity index (χ3v) is 5.02. The fourth-order valence-electron chi connectivity index (χ4n) is 3.64. The minimum Gasteiger partial charge on any atom is -0.493 e. The summed E-state index contributed by atoms with van der Waals surface area (Å²) in [5, 5.41) is 6.79. The number of nitrogens with zero attached hydrogens (tertiary/aromatic N) is 1. The summed E-state index contributed by atoms with van der Waals surface area (Å²) in [6.07, 6.45) is 6.57. The van der Waals surface area contributed by atoms with Gasteiger partial charge in [0.15, 0.2) is 5.96 Å². The van der Waals surface area contributed by atoms with Crippen LogP contribution in [0.1, 0.15) is 63.5 Å². The normalized spacial score (nSPS) is 19.2. The lowest BCUT2D eigenvalue weighted by molar-refractivity contribution is -0.148. The lowest BCUT2D eigenvalue weighted by atomic mass is 10.0. The molecule has 1 atom stereocenters. The fourth-order valence-corrected chi connectivity index (χ4v) is 3.64. The molecule has 1 aliphatic carbocycles. The zero-order valence-electron chi connectivity index (χ0n) is 16.6. The van der Waals surface area contributed by atoms with E-state index in [1.807, 2.05) is 25.1 Å². The number of nitrogens with one attached hydrogen (secondary N) is 2. The van der Waals surface area contributed by atoms with Crippen LogP contribution in [0.2, 0.25) is 0 Å². The number of hydrogen-bond acceptors (Lipinski definition) is 4. The summed E-state index contributed by atoms with van der Waals surface area (Å²) in [7, 11) is 0. The number of benzene rings is 1. The van der Waals surface area contributed by atoms with E-state index in [4.69, 9.17) is 9.47 Å². The molecule has 6 nitrogen and oxygen atoms in total. The van der Waals surface area contributed by atoms with Gasteiger partial charge in [0.1, 0.15) is 11.9 Å². The number of ether oxygens (including phenoxy) is 2. The topological polar surface area (TPSA) is 72.0 Å². The molecular formula is C21H32IN3O3. The van der Waals surface area contributed by atoms with Gasteiger partial charge in [0.25, 0.3) is 0 Å². The number of guanidine groups is 1. The number of carbonyl (C=O) groups excluding carboxylic acids is 1. The Morgan fingerprint density at radius 2 is 2.04 bits per heavy atom. The Kier molecular flexibility index (Phi) is 9.87. The number of halogens is 1. The van der Waals surface area contributed by atoms with Crippen LogP contribution < -0.4 is 15.4 Å². The van der Waals surface area contributed by atoms with E-state index >= 15 is 0 Å². The second-order valence-electron chi connectivity index (χ2n) is 7.13. The van der Waals surface area contributed by atoms with Crippen LogP contribution in [0.4, 0.5) is 0 Å². The maximum Gasteiger partial charge on any atom is 0.306 e. The molecular weight excluding hydrogens is 469 g/mol. The monoisotopic (exact) mass is 501 g/mol. The number of hydrogen-bond donors (Lipinski definition) is 2. The summed E-state index contributed by atoms with van der Waals surface area (Å²) in [6.45, 7) is 4.13. The number of fused-ring (bicyclic) bond motifs is 1. The molecule has 1 heterocycles. The van der Waals surface area contributed by atoms with Crippen molar-refractivity contribution in [2.45, 2.75) is 64.0 Å². The van der Waals surface area contributed by atoms with Crippen molar-refractivity contribution >= 4 is 35.9 Å². The van der Waals surface area contributed by atoms with Gasteiger partial charge < -0.3 is 20.1 Å². The highest BCUT2D eigenvalue weighted by Gasteiger charge is 2.22. The van der Waals surface area contributed by atoms with E-state index < -0.39 is 0 Å². The molecule has 3 rings (SSSR count). The van der Waals surface area contributed by atoms with Crippen LogP contribution in [0, 0.1) is 0 Å². The largest absolute Gasteiger partial charge is 0.493 e. The molecule has 1 aromatic rings. The van der Waals surface area contributed by atoms with Crippen LogP contribution in [-0.4, -0.2) is 37.7 Å². The van der Waals surface area contributed by atoms with E-state index in [9.17, 15) is 4.79 Å². The van der Waals surface area contributed by atoms with Gasteiger partial charge in [0.2, 0.25) is 0 Å². The van der Waals surface area contributed by atoms with Gasteiger partial charge in [-0.15, -0.1) is 24.0 Å². The van der Waals surface area contributed by atoms with E-state index in [1.165, 1.54) is 12.8 Å². The molecule has 28 heavy (non-hydrogen) atoms. The average Bonchev–Trinajstić information content (AvgIpc) is 3.18. The van der Waals surface area contributed by atoms with Crippen LogP contribution in [-0.2, 0) is 9.53 Å². The van der Waals surface area contributed by atoms with E-state index in [0.717, 1.165) is 43.1 Å². The predicted octanol–water partition coefficient (Wildman–Crippen LogP) is 3.95. The molecule has 156 valence electrons. The second kappa shape index (κ2) is 12.1. The Morgan fingerprint density at radius 3 is 2.82 bits per heavy atom. The molecule has 0 radical (unpaired) electrons. The summed E-state index contributed by atoms with van der Waals surface area (Å²) in [6, 6.07) is 8.30. The molecule has 1 fully saturated rings. The summed E-state index contributed by atoms with van der Waals surface area (Å²) in [5.41, 5.74) is 1.16. The second-order valence-corrected chi connectivity index (χ2v) is 7.13. The van der Waals surface area contributed by atoms with Gasteiger partial charge in [-0.05, 0) is 45.1 Å². The minimum atomic E-state index is -0.0894. The molecule has 0 saturated heterocycles. The van der Waals surface area contributed by atoms with Gasteiger partial charge in [0.05, 0.1) is 12.6 Å². The zero-order chi connectivity index (χ0) is 18.9. The summed E-state index contributed by atoms with van der Waals surface area (Å²) in [5.74, 6) is 1.63. The summed E-state index contributed by atoms with van der Waals surface area (Å²) >= 11 is 0. The average molecular weight is 501 g/mol. The number of carbonyl (C=O) groups is 1. The van der Waals surface area contributed by atoms with E-state index in [0.29, 0.717) is 26.0 Å². The summed E-state index contributed by atoms with van der Waals surface area (Å²) < 4.78 is 11.2. The number of rotatable bonds is 7. The Balaban J connectivity index is 0.00000280. The maximum atomic E-state index is 11.9. The molecule has 2 N–H and O–H groups in total. The van der Waals surface area contributed by atoms with Crippen molar-refractivity contribution in [1.29, 1.82) is 0 Å². The van der Waals surface area contributed by atoms with Gasteiger partial charge >= 0.3 is 5.97 Å². The first kappa shape index (κ1) is 22.8. The highest BCUT2D eigenvalue weighted by atomic mass is 127. The standard InChI is InChI=1S/C21H31N3O3.HI/c1-2-22-21(23-14-7-12-20(25)27-16-8-3-4-9-16)24-18-13-15-26-19-11-6-5-10-17(18)19;/h5-6,10-11,16,18H,2-4,7-9,12-15H2,1H3,(H2,22,23,24);1H. The van der Waals surface area contributed by atoms with Crippen molar-refractivity contribution in [3.05, 3.63) is 29.8 Å². The molecule has 0 amide bonds. The predicted molar refractivity (Wildman–Crippen MR) is 121 cm³/mol. The van der Waals surface area contributed by atoms with Crippen LogP contribution in [0.15, 0.2) is 29.3 Å². The molecule has 0 aromatic heterocycles. The van der Waals surface area contributed by atoms with Gasteiger partial charge in [-0.25, -0.2) is 0 Å². The highest BCUT2D eigenvalue weighted by Crippen LogP contribution is 2.31. The Hall–Kier alpha value is -1.51. The lowest BCUT2D eigenvalue weighted by Gasteiger charge is -2.28. The van der Waals surface area contributed by atoms with Crippen LogP contribution >= 0.6 is 24.0 Å². The van der Waals surface area contributed by atoms with Crippen LogP contribution in [0.5, 0.6) is 5.75 Å². The van der Waals surface area contributed by atoms with Crippen molar-refractivity contribution in [2.24, 2.45) is 4.99 Å². The molecule has 2 aliphatic rings. The first-order chi connectivity index (χ1) is 13.3. The van der Waals surface area contributed by atoms with Crippen LogP contribution in [0.3, 0.4) is 0 Å². The van der Waals surface area contributed by atoms with E-state index in [-0.39, 0.29) is 42.1 Å². The van der Waals surface area contributed by atoms with Crippen molar-refractivity contribution in [2.75, 3.05) is 19.7 Å². The van der Waals surface area contributed by atoms with Gasteiger partial charge in [-0.1, -0.05) is 18.2 Å². The molecule has 0 spiro atoms. The smallest absolute Gasteiger partial charge is 0.306 e. The molecule has 7 heteroatoms. The van der Waals surface area contributed by atoms with Crippen molar-refractivity contribution < 1.29 is 14.3 Å². The molecule has 1 unspecified atom stereocenters. The molecule has 1 aromatic carbocycles. The van der Waals surface area contributed by atoms with Gasteiger partial charge in [0, 0.05) is 31.5 Å². The summed E-state index contributed by atoms with van der Waals surface area (Å²) in [4.78, 5) is 16.5. The number of para-hydroxylation sites is 1. The van der Waals surface area contributed by atoms with E-state index in [2.05, 4.69) is 21.7 Å². The number of aliphatic imine (C=N–C) groups is 1. The Labute approximate surface area is 184 Å². The first-order valence-corrected chi connectivity index (χ1v) is 10.2. The van der Waals surface area contributed by atoms with Crippen molar-refractivity contribution in [1.82, 2.24) is 10.6 Å². The fraction of sp³-hybridized carbons (Fsp3) is 0.619. The van der Waals surface area contributed by atoms with Gasteiger partial charge in [-0.2, -0.15) is 0 Å². The quantitative estimate of drug-likeness (QED) is 0.195. The molecule has 1 aliphatic heterocycles. The van der Waals surface area contributed by atoms with Crippen molar-refractivity contribution in [3.63, 3.8) is 0 Å². The third kappa shape index (κ3) is 6.83. The maximum absolute atomic E-state index is 11.9. The minimum absolute atomic E-state index is 0.